The van der Waals surface area contributed by atoms with Crippen molar-refractivity contribution in [2.45, 2.75) is 6.92 Å². The molecule has 156 valence electrons. The third-order valence-electron chi connectivity index (χ3n) is 5.63. The maximum Gasteiger partial charge on any atom is 0.284 e. The van der Waals surface area contributed by atoms with E-state index in [1.165, 1.54) is 23.3 Å². The number of benzene rings is 1. The topological polar surface area (TPSA) is 113 Å². The van der Waals surface area contributed by atoms with Crippen LogP contribution in [0.1, 0.15) is 5.56 Å². The van der Waals surface area contributed by atoms with Crippen LogP contribution in [0.15, 0.2) is 48.4 Å². The van der Waals surface area contributed by atoms with Crippen LogP contribution in [-0.4, -0.2) is 66.7 Å². The van der Waals surface area contributed by atoms with E-state index >= 15 is 0 Å². The average Bonchev–Trinajstić information content (AvgIpc) is 3.28. The van der Waals surface area contributed by atoms with E-state index in [-0.39, 0.29) is 17.0 Å². The number of nitrogens with zero attached hydrogens (tertiary/aromatic N) is 7. The van der Waals surface area contributed by atoms with Gasteiger partial charge in [-0.1, -0.05) is 12.6 Å². The minimum absolute atomic E-state index is 0.0861. The Kier molecular flexibility index (Phi) is 4.46. The van der Waals surface area contributed by atoms with E-state index in [0.717, 1.165) is 22.2 Å². The van der Waals surface area contributed by atoms with Gasteiger partial charge in [-0.05, 0) is 24.6 Å². The van der Waals surface area contributed by atoms with Crippen molar-refractivity contribution < 1.29 is 4.79 Å². The lowest BCUT2D eigenvalue weighted by Crippen LogP contribution is -2.48. The Morgan fingerprint density at radius 3 is 2.71 bits per heavy atom. The summed E-state index contributed by atoms with van der Waals surface area (Å²) in [5.41, 5.74) is 2.91. The number of carbonyl (C=O) groups is 1. The second-order valence-corrected chi connectivity index (χ2v) is 7.39. The van der Waals surface area contributed by atoms with E-state index in [1.54, 1.807) is 11.1 Å². The number of H-pyrrole nitrogens is 1. The molecule has 0 radical (unpaired) electrons. The third kappa shape index (κ3) is 3.03. The summed E-state index contributed by atoms with van der Waals surface area (Å²) in [6, 6.07) is 3.86. The summed E-state index contributed by atoms with van der Waals surface area (Å²) in [6.45, 7) is 7.75. The fraction of sp³-hybridized carbons (Fsp3) is 0.238. The van der Waals surface area contributed by atoms with Crippen LogP contribution in [0.25, 0.3) is 27.6 Å². The Labute approximate surface area is 176 Å². The van der Waals surface area contributed by atoms with Gasteiger partial charge in [0.25, 0.3) is 5.56 Å². The lowest BCUT2D eigenvalue weighted by atomic mass is 10.1. The number of amides is 1. The van der Waals surface area contributed by atoms with Gasteiger partial charge < -0.3 is 9.80 Å². The highest BCUT2D eigenvalue weighted by Crippen LogP contribution is 2.25. The molecule has 1 amide bonds. The van der Waals surface area contributed by atoms with Gasteiger partial charge in [-0.3, -0.25) is 19.3 Å². The van der Waals surface area contributed by atoms with Gasteiger partial charge in [-0.25, -0.2) is 15.0 Å². The molecular formula is C21H20N8O2. The number of nitrogens with one attached hydrogen (secondary N) is 1. The van der Waals surface area contributed by atoms with E-state index in [9.17, 15) is 9.59 Å². The normalized spacial score (nSPS) is 14.4. The Bertz CT molecular complexity index is 1380. The van der Waals surface area contributed by atoms with Crippen molar-refractivity contribution in [2.24, 2.45) is 0 Å². The van der Waals surface area contributed by atoms with E-state index in [1.807, 2.05) is 24.0 Å². The summed E-state index contributed by atoms with van der Waals surface area (Å²) >= 11 is 0. The minimum atomic E-state index is -0.272. The molecule has 1 fully saturated rings. The lowest BCUT2D eigenvalue weighted by molar-refractivity contribution is -0.126. The molecule has 4 heterocycles. The Balaban J connectivity index is 1.58. The quantitative estimate of drug-likeness (QED) is 0.499. The number of carbonyl (C=O) groups excluding carboxylic acids is 1. The maximum absolute atomic E-state index is 13.4. The summed E-state index contributed by atoms with van der Waals surface area (Å²) < 4.78 is 1.51. The fourth-order valence-electron chi connectivity index (χ4n) is 4.02. The summed E-state index contributed by atoms with van der Waals surface area (Å²) in [5, 5.41) is 7.86. The molecule has 0 unspecified atom stereocenters. The molecule has 10 heteroatoms. The van der Waals surface area contributed by atoms with Gasteiger partial charge in [-0.2, -0.15) is 5.10 Å². The summed E-state index contributed by atoms with van der Waals surface area (Å²) in [6.07, 6.45) is 5.92. The molecule has 10 nitrogen and oxygen atoms in total. The summed E-state index contributed by atoms with van der Waals surface area (Å²) in [4.78, 5) is 42.2. The van der Waals surface area contributed by atoms with Crippen molar-refractivity contribution in [3.05, 3.63) is 59.6 Å². The van der Waals surface area contributed by atoms with Gasteiger partial charge in [0.2, 0.25) is 5.91 Å². The zero-order chi connectivity index (χ0) is 21.5. The lowest BCUT2D eigenvalue weighted by Gasteiger charge is -2.35. The predicted octanol–water partition coefficient (Wildman–Crippen LogP) is 1.20. The second-order valence-electron chi connectivity index (χ2n) is 7.39. The largest absolute Gasteiger partial charge is 0.351 e. The SMILES string of the molecule is C=CC(=O)N1CCN(c2ncnc3c(=O)n(-c4c(C)ccc5[nH]ncc45)cnc23)CC1. The number of aryl methyl sites for hydroxylation is 1. The number of rotatable bonds is 3. The maximum atomic E-state index is 13.4. The first-order valence-corrected chi connectivity index (χ1v) is 9.90. The van der Waals surface area contributed by atoms with Crippen LogP contribution < -0.4 is 10.5 Å². The molecule has 0 saturated carbocycles. The first kappa shape index (κ1) is 18.9. The van der Waals surface area contributed by atoms with Crippen molar-refractivity contribution in [1.29, 1.82) is 0 Å². The molecule has 0 atom stereocenters. The van der Waals surface area contributed by atoms with Crippen LogP contribution in [0.4, 0.5) is 5.82 Å². The van der Waals surface area contributed by atoms with Gasteiger partial charge >= 0.3 is 0 Å². The van der Waals surface area contributed by atoms with E-state index in [4.69, 9.17) is 0 Å². The zero-order valence-corrected chi connectivity index (χ0v) is 16.9. The molecule has 0 bridgehead atoms. The van der Waals surface area contributed by atoms with Gasteiger partial charge in [0.1, 0.15) is 18.2 Å². The summed E-state index contributed by atoms with van der Waals surface area (Å²) in [5.74, 6) is 0.509. The summed E-state index contributed by atoms with van der Waals surface area (Å²) in [7, 11) is 0. The first-order valence-electron chi connectivity index (χ1n) is 9.90. The van der Waals surface area contributed by atoms with E-state index in [2.05, 4.69) is 31.7 Å². The molecule has 1 aliphatic heterocycles. The van der Waals surface area contributed by atoms with Crippen LogP contribution in [-0.2, 0) is 4.79 Å². The zero-order valence-electron chi connectivity index (χ0n) is 16.9. The van der Waals surface area contributed by atoms with Crippen molar-refractivity contribution in [3.63, 3.8) is 0 Å². The molecular weight excluding hydrogens is 396 g/mol. The smallest absolute Gasteiger partial charge is 0.284 e. The Morgan fingerprint density at radius 2 is 1.94 bits per heavy atom. The fourth-order valence-corrected chi connectivity index (χ4v) is 4.02. The van der Waals surface area contributed by atoms with E-state index < -0.39 is 0 Å². The molecule has 1 saturated heterocycles. The Hall–Kier alpha value is -4.08. The number of hydrogen-bond acceptors (Lipinski definition) is 7. The van der Waals surface area contributed by atoms with Crippen LogP contribution >= 0.6 is 0 Å². The molecule has 4 aromatic rings. The first-order chi connectivity index (χ1) is 15.1. The molecule has 0 aliphatic carbocycles. The number of aromatic amines is 1. The molecule has 0 spiro atoms. The van der Waals surface area contributed by atoms with Crippen molar-refractivity contribution in [2.75, 3.05) is 31.1 Å². The van der Waals surface area contributed by atoms with Gasteiger partial charge in [0.05, 0.1) is 17.4 Å². The average molecular weight is 416 g/mol. The molecule has 1 aromatic carbocycles. The third-order valence-corrected chi connectivity index (χ3v) is 5.63. The predicted molar refractivity (Wildman–Crippen MR) is 116 cm³/mol. The van der Waals surface area contributed by atoms with Crippen LogP contribution in [0.2, 0.25) is 0 Å². The van der Waals surface area contributed by atoms with Gasteiger partial charge in [0, 0.05) is 31.6 Å². The minimum Gasteiger partial charge on any atom is -0.351 e. The highest BCUT2D eigenvalue weighted by molar-refractivity contribution is 5.90. The van der Waals surface area contributed by atoms with E-state index in [0.29, 0.717) is 37.5 Å². The monoisotopic (exact) mass is 416 g/mol. The van der Waals surface area contributed by atoms with Gasteiger partial charge in [-0.15, -0.1) is 0 Å². The number of hydrogen-bond donors (Lipinski definition) is 1. The van der Waals surface area contributed by atoms with Crippen molar-refractivity contribution in [1.82, 2.24) is 34.6 Å². The van der Waals surface area contributed by atoms with Crippen molar-refractivity contribution in [3.8, 4) is 5.69 Å². The van der Waals surface area contributed by atoms with Crippen LogP contribution in [0.5, 0.6) is 0 Å². The number of piperazine rings is 1. The highest BCUT2D eigenvalue weighted by atomic mass is 16.2. The van der Waals surface area contributed by atoms with Crippen LogP contribution in [0.3, 0.4) is 0 Å². The number of anilines is 1. The van der Waals surface area contributed by atoms with Crippen molar-refractivity contribution >= 4 is 33.7 Å². The number of aromatic nitrogens is 6. The van der Waals surface area contributed by atoms with Gasteiger partial charge in [0.15, 0.2) is 11.3 Å². The van der Waals surface area contributed by atoms with Crippen LogP contribution in [0, 0.1) is 6.92 Å². The molecule has 1 aliphatic rings. The Morgan fingerprint density at radius 1 is 1.13 bits per heavy atom. The standard InChI is InChI=1S/C21H20N8O2/c1-3-16(30)27-6-8-28(9-7-27)20-17-18(22-11-23-20)21(31)29(12-24-17)19-13(2)4-5-15-14(19)10-25-26-15/h3-5,10-12H,1,6-9H2,2H3,(H,25,26). The molecule has 3 aromatic heterocycles. The second kappa shape index (κ2) is 7.31. The molecule has 5 rings (SSSR count). The molecule has 1 N–H and O–H groups in total. The number of fused-ring (bicyclic) bond motifs is 2. The molecule has 31 heavy (non-hydrogen) atoms. The highest BCUT2D eigenvalue weighted by Gasteiger charge is 2.23.